The Morgan fingerprint density at radius 3 is 2.34 bits per heavy atom. The van der Waals surface area contributed by atoms with Gasteiger partial charge in [-0.2, -0.15) is 4.80 Å². The summed E-state index contributed by atoms with van der Waals surface area (Å²) in [5, 5.41) is 15.4. The second-order valence-electron chi connectivity index (χ2n) is 10.5. The SMILES string of the molecule is COc1ccc([C@@H](C(=O)NC(C)(C)C)N(C(=O)Cn2nnc(-c3ccc(F)cc3)n2)c2cccc(C)c2)cc1OC. The number of nitrogens with one attached hydrogen (secondary N) is 1. The van der Waals surface area contributed by atoms with Gasteiger partial charge in [-0.15, -0.1) is 10.2 Å². The van der Waals surface area contributed by atoms with Crippen molar-refractivity contribution in [1.29, 1.82) is 0 Å². The molecule has 4 aromatic rings. The number of hydrogen-bond donors (Lipinski definition) is 1. The first kappa shape index (κ1) is 29.2. The average Bonchev–Trinajstić information content (AvgIpc) is 3.38. The second-order valence-corrected chi connectivity index (χ2v) is 10.5. The van der Waals surface area contributed by atoms with E-state index < -0.39 is 23.4 Å². The Hall–Kier alpha value is -4.80. The fourth-order valence-electron chi connectivity index (χ4n) is 4.32. The molecule has 1 aromatic heterocycles. The molecule has 3 aromatic carbocycles. The summed E-state index contributed by atoms with van der Waals surface area (Å²) in [6, 6.07) is 17.0. The number of tetrazole rings is 1. The van der Waals surface area contributed by atoms with E-state index in [1.165, 1.54) is 43.4 Å². The number of rotatable bonds is 9. The van der Waals surface area contributed by atoms with Crippen molar-refractivity contribution in [3.05, 3.63) is 83.7 Å². The van der Waals surface area contributed by atoms with Gasteiger partial charge < -0.3 is 14.8 Å². The Morgan fingerprint density at radius 1 is 1.00 bits per heavy atom. The molecular weight excluding hydrogens is 527 g/mol. The van der Waals surface area contributed by atoms with Crippen LogP contribution in [0.4, 0.5) is 10.1 Å². The van der Waals surface area contributed by atoms with Crippen molar-refractivity contribution in [2.24, 2.45) is 0 Å². The normalized spacial score (nSPS) is 12.0. The molecule has 1 heterocycles. The van der Waals surface area contributed by atoms with E-state index in [4.69, 9.17) is 9.47 Å². The predicted octanol–water partition coefficient (Wildman–Crippen LogP) is 4.49. The number of carbonyl (C=O) groups excluding carboxylic acids is 2. The molecule has 0 unspecified atom stereocenters. The fraction of sp³-hybridized carbons (Fsp3) is 0.300. The summed E-state index contributed by atoms with van der Waals surface area (Å²) in [5.41, 5.74) is 1.90. The van der Waals surface area contributed by atoms with Crippen LogP contribution in [0.5, 0.6) is 11.5 Å². The van der Waals surface area contributed by atoms with E-state index in [0.29, 0.717) is 28.3 Å². The molecule has 0 aliphatic rings. The smallest absolute Gasteiger partial charge is 0.251 e. The lowest BCUT2D eigenvalue weighted by Gasteiger charge is -2.34. The summed E-state index contributed by atoms with van der Waals surface area (Å²) in [4.78, 5) is 30.6. The van der Waals surface area contributed by atoms with Crippen LogP contribution in [0.15, 0.2) is 66.7 Å². The molecule has 10 nitrogen and oxygen atoms in total. The summed E-state index contributed by atoms with van der Waals surface area (Å²) >= 11 is 0. The van der Waals surface area contributed by atoms with Crippen molar-refractivity contribution in [2.45, 2.75) is 45.8 Å². The van der Waals surface area contributed by atoms with Crippen molar-refractivity contribution in [3.63, 3.8) is 0 Å². The van der Waals surface area contributed by atoms with Gasteiger partial charge in [-0.05, 0) is 92.6 Å². The van der Waals surface area contributed by atoms with Crippen LogP contribution in [0.3, 0.4) is 0 Å². The van der Waals surface area contributed by atoms with Crippen molar-refractivity contribution in [2.75, 3.05) is 19.1 Å². The number of benzene rings is 3. The third-order valence-electron chi connectivity index (χ3n) is 6.11. The third kappa shape index (κ3) is 7.05. The number of aryl methyl sites for hydroxylation is 1. The van der Waals surface area contributed by atoms with Crippen molar-refractivity contribution in [3.8, 4) is 22.9 Å². The number of carbonyl (C=O) groups is 2. The minimum atomic E-state index is -1.08. The van der Waals surface area contributed by atoms with E-state index in [9.17, 15) is 14.0 Å². The fourth-order valence-corrected chi connectivity index (χ4v) is 4.32. The highest BCUT2D eigenvalue weighted by atomic mass is 19.1. The lowest BCUT2D eigenvalue weighted by atomic mass is 10.00. The number of amides is 2. The number of nitrogens with zero attached hydrogens (tertiary/aromatic N) is 5. The van der Waals surface area contributed by atoms with Crippen LogP contribution in [-0.2, 0) is 16.1 Å². The third-order valence-corrected chi connectivity index (χ3v) is 6.11. The average molecular weight is 561 g/mol. The molecule has 0 aliphatic heterocycles. The van der Waals surface area contributed by atoms with Gasteiger partial charge in [0.15, 0.2) is 11.5 Å². The lowest BCUT2D eigenvalue weighted by Crippen LogP contribution is -2.50. The number of hydrogen-bond acceptors (Lipinski definition) is 7. The molecule has 2 amide bonds. The highest BCUT2D eigenvalue weighted by molar-refractivity contribution is 6.01. The molecule has 41 heavy (non-hydrogen) atoms. The van der Waals surface area contributed by atoms with Crippen LogP contribution >= 0.6 is 0 Å². The maximum atomic E-state index is 14.1. The van der Waals surface area contributed by atoms with E-state index in [1.54, 1.807) is 24.3 Å². The number of halogens is 1. The van der Waals surface area contributed by atoms with E-state index in [2.05, 4.69) is 20.7 Å². The Balaban J connectivity index is 1.79. The summed E-state index contributed by atoms with van der Waals surface area (Å²) in [5.74, 6) is -0.0980. The topological polar surface area (TPSA) is 111 Å². The van der Waals surface area contributed by atoms with Crippen LogP contribution in [0.2, 0.25) is 0 Å². The zero-order valence-electron chi connectivity index (χ0n) is 23.9. The largest absolute Gasteiger partial charge is 0.493 e. The molecule has 0 spiro atoms. The maximum Gasteiger partial charge on any atom is 0.251 e. The van der Waals surface area contributed by atoms with Gasteiger partial charge in [0.1, 0.15) is 18.4 Å². The van der Waals surface area contributed by atoms with Crippen LogP contribution in [0.25, 0.3) is 11.4 Å². The van der Waals surface area contributed by atoms with Gasteiger partial charge in [0.2, 0.25) is 11.7 Å². The molecule has 1 atom stereocenters. The van der Waals surface area contributed by atoms with Gasteiger partial charge in [0.25, 0.3) is 5.91 Å². The molecule has 0 radical (unpaired) electrons. The maximum absolute atomic E-state index is 14.1. The van der Waals surface area contributed by atoms with E-state index >= 15 is 0 Å². The molecule has 1 N–H and O–H groups in total. The van der Waals surface area contributed by atoms with Gasteiger partial charge in [-0.3, -0.25) is 14.5 Å². The minimum absolute atomic E-state index is 0.238. The van der Waals surface area contributed by atoms with Gasteiger partial charge in [0.05, 0.1) is 14.2 Å². The Labute approximate surface area is 238 Å². The summed E-state index contributed by atoms with van der Waals surface area (Å²) < 4.78 is 24.3. The molecule has 0 saturated carbocycles. The molecule has 0 aliphatic carbocycles. The second kappa shape index (κ2) is 12.2. The highest BCUT2D eigenvalue weighted by Crippen LogP contribution is 2.35. The van der Waals surface area contributed by atoms with E-state index in [-0.39, 0.29) is 18.2 Å². The zero-order valence-corrected chi connectivity index (χ0v) is 23.9. The standard InChI is InChI=1S/C30H33FN6O4/c1-19-8-7-9-23(16-19)37(26(38)18-36-34-28(33-35-36)20-10-13-22(31)14-11-20)27(29(39)32-30(2,3)4)21-12-15-24(40-5)25(17-21)41-6/h7-17,27H,18H2,1-6H3,(H,32,39)/t27-/m0/s1. The number of ether oxygens (including phenoxy) is 2. The molecule has 0 bridgehead atoms. The van der Waals surface area contributed by atoms with E-state index in [1.807, 2.05) is 45.9 Å². The van der Waals surface area contributed by atoms with Crippen LogP contribution in [0, 0.1) is 12.7 Å². The quantitative estimate of drug-likeness (QED) is 0.321. The van der Waals surface area contributed by atoms with Crippen LogP contribution in [-0.4, -0.2) is 51.8 Å². The number of methoxy groups -OCH3 is 2. The molecule has 4 rings (SSSR count). The highest BCUT2D eigenvalue weighted by Gasteiger charge is 2.35. The van der Waals surface area contributed by atoms with Gasteiger partial charge in [-0.1, -0.05) is 18.2 Å². The Morgan fingerprint density at radius 2 is 1.71 bits per heavy atom. The Bertz CT molecular complexity index is 1530. The molecule has 0 saturated heterocycles. The number of anilines is 1. The summed E-state index contributed by atoms with van der Waals surface area (Å²) in [6.07, 6.45) is 0. The minimum Gasteiger partial charge on any atom is -0.493 e. The van der Waals surface area contributed by atoms with Crippen LogP contribution < -0.4 is 19.7 Å². The Kier molecular flexibility index (Phi) is 8.65. The molecule has 214 valence electrons. The molecule has 0 fully saturated rings. The van der Waals surface area contributed by atoms with Gasteiger partial charge in [-0.25, -0.2) is 4.39 Å². The predicted molar refractivity (Wildman–Crippen MR) is 152 cm³/mol. The summed E-state index contributed by atoms with van der Waals surface area (Å²) in [7, 11) is 3.03. The summed E-state index contributed by atoms with van der Waals surface area (Å²) in [6.45, 7) is 7.19. The monoisotopic (exact) mass is 560 g/mol. The van der Waals surface area contributed by atoms with Gasteiger partial charge >= 0.3 is 0 Å². The van der Waals surface area contributed by atoms with E-state index in [0.717, 1.165) is 10.4 Å². The first-order chi connectivity index (χ1) is 19.5. The van der Waals surface area contributed by atoms with Crippen molar-refractivity contribution in [1.82, 2.24) is 25.5 Å². The van der Waals surface area contributed by atoms with Crippen molar-refractivity contribution < 1.29 is 23.5 Å². The molecule has 11 heteroatoms. The van der Waals surface area contributed by atoms with Crippen LogP contribution in [0.1, 0.15) is 37.9 Å². The first-order valence-electron chi connectivity index (χ1n) is 13.0. The van der Waals surface area contributed by atoms with Gasteiger partial charge in [0, 0.05) is 16.8 Å². The first-order valence-corrected chi connectivity index (χ1v) is 13.0. The van der Waals surface area contributed by atoms with Crippen molar-refractivity contribution >= 4 is 17.5 Å². The lowest BCUT2D eigenvalue weighted by molar-refractivity contribution is -0.128. The molecular formula is C30H33FN6O4. The number of aromatic nitrogens is 4. The zero-order chi connectivity index (χ0) is 29.7.